The molecule has 112 valence electrons. The zero-order valence-corrected chi connectivity index (χ0v) is 14.7. The highest BCUT2D eigenvalue weighted by Gasteiger charge is 2.21. The first-order valence-corrected chi connectivity index (χ1v) is 9.97. The van der Waals surface area contributed by atoms with Crippen LogP contribution in [0.1, 0.15) is 28.5 Å². The van der Waals surface area contributed by atoms with Gasteiger partial charge in [0.15, 0.2) is 0 Å². The van der Waals surface area contributed by atoms with Gasteiger partial charge in [0.05, 0.1) is 24.4 Å². The first-order chi connectivity index (χ1) is 10.3. The number of hydrogen-bond acceptors (Lipinski definition) is 3. The molecule has 21 heavy (non-hydrogen) atoms. The third kappa shape index (κ3) is 4.49. The molecule has 6 heteroatoms. The Morgan fingerprint density at radius 1 is 1.33 bits per heavy atom. The molecule has 0 atom stereocenters. The summed E-state index contributed by atoms with van der Waals surface area (Å²) in [6.07, 6.45) is 1.92. The average molecular weight is 416 g/mol. The molecule has 4 nitrogen and oxygen atoms in total. The normalized spacial score (nSPS) is 12.4. The largest absolute Gasteiger partial charge is 0.377 e. The molecule has 0 unspecified atom stereocenters. The summed E-state index contributed by atoms with van der Waals surface area (Å²) in [5.41, 5.74) is 3.13. The van der Waals surface area contributed by atoms with Crippen molar-refractivity contribution in [3.05, 3.63) is 59.4 Å². The van der Waals surface area contributed by atoms with Crippen molar-refractivity contribution in [3.63, 3.8) is 0 Å². The maximum absolute atomic E-state index is 11.1. The van der Waals surface area contributed by atoms with Crippen LogP contribution in [-0.4, -0.2) is 16.5 Å². The number of rotatable bonds is 4. The fraction of sp³-hybridized carbons (Fsp3) is 0.267. The molecule has 1 amide bonds. The van der Waals surface area contributed by atoms with Gasteiger partial charge in [-0.15, -0.1) is 0 Å². The standard InChI is InChI=1S/C9H12O.C6H5IN2OS/c1-2-10-8-9-6-4-3-5-7-9;7-11-9-2-1-4-5(9)3-8-6(4)10/h3-7H,2,8H2,1H3;1-2H,3H2,(H,8,10). The monoisotopic (exact) mass is 416 g/mol. The van der Waals surface area contributed by atoms with Gasteiger partial charge in [-0.3, -0.25) is 8.77 Å². The first kappa shape index (κ1) is 16.4. The van der Waals surface area contributed by atoms with Crippen molar-refractivity contribution in [3.8, 4) is 0 Å². The molecular weight excluding hydrogens is 399 g/mol. The van der Waals surface area contributed by atoms with Crippen molar-refractivity contribution in [2.24, 2.45) is 0 Å². The summed E-state index contributed by atoms with van der Waals surface area (Å²) >= 11 is 2.19. The summed E-state index contributed by atoms with van der Waals surface area (Å²) in [7, 11) is 1.58. The highest BCUT2D eigenvalue weighted by molar-refractivity contribution is 14.2. The van der Waals surface area contributed by atoms with Crippen LogP contribution < -0.4 is 5.32 Å². The van der Waals surface area contributed by atoms with Gasteiger partial charge in [-0.2, -0.15) is 0 Å². The number of ether oxygens (including phenoxy) is 1. The van der Waals surface area contributed by atoms with Crippen LogP contribution in [-0.2, 0) is 17.9 Å². The van der Waals surface area contributed by atoms with Gasteiger partial charge >= 0.3 is 0 Å². The van der Waals surface area contributed by atoms with Crippen molar-refractivity contribution in [2.45, 2.75) is 20.1 Å². The maximum atomic E-state index is 11.1. The average Bonchev–Trinajstić information content (AvgIpc) is 3.10. The van der Waals surface area contributed by atoms with Crippen molar-refractivity contribution >= 4 is 36.2 Å². The van der Waals surface area contributed by atoms with E-state index in [0.717, 1.165) is 24.5 Å². The smallest absolute Gasteiger partial charge is 0.253 e. The van der Waals surface area contributed by atoms with E-state index >= 15 is 0 Å². The predicted octanol–water partition coefficient (Wildman–Crippen LogP) is 3.80. The number of nitrogens with zero attached hydrogens (tertiary/aromatic N) is 1. The lowest BCUT2D eigenvalue weighted by atomic mass is 10.2. The van der Waals surface area contributed by atoms with Gasteiger partial charge in [0.2, 0.25) is 0 Å². The van der Waals surface area contributed by atoms with Gasteiger partial charge in [0.1, 0.15) is 0 Å². The number of aromatic nitrogens is 1. The number of carbonyl (C=O) groups excluding carboxylic acids is 1. The zero-order valence-electron chi connectivity index (χ0n) is 11.7. The Kier molecular flexibility index (Phi) is 6.59. The Balaban J connectivity index is 0.000000155. The van der Waals surface area contributed by atoms with Crippen LogP contribution in [0.25, 0.3) is 0 Å². The molecule has 1 aliphatic rings. The minimum atomic E-state index is 0.0456. The van der Waals surface area contributed by atoms with Gasteiger partial charge in [-0.25, -0.2) is 0 Å². The number of carbonyl (C=O) groups is 1. The Labute approximate surface area is 141 Å². The second kappa shape index (κ2) is 8.45. The molecule has 2 heterocycles. The minimum absolute atomic E-state index is 0.0456. The van der Waals surface area contributed by atoms with Crippen LogP contribution in [0.15, 0.2) is 42.6 Å². The number of nitrogens with one attached hydrogen (secondary N) is 1. The fourth-order valence-corrected chi connectivity index (χ4v) is 3.41. The van der Waals surface area contributed by atoms with Crippen molar-refractivity contribution in [1.82, 2.24) is 9.29 Å². The molecular formula is C15H17IN2O2S. The lowest BCUT2D eigenvalue weighted by Gasteiger charge is -1.98. The van der Waals surface area contributed by atoms with Gasteiger partial charge in [-0.05, 0) is 18.6 Å². The van der Waals surface area contributed by atoms with E-state index in [1.807, 2.05) is 41.4 Å². The zero-order chi connectivity index (χ0) is 15.1. The molecule has 0 saturated heterocycles. The van der Waals surface area contributed by atoms with Crippen molar-refractivity contribution in [1.29, 1.82) is 0 Å². The number of amides is 1. The minimum Gasteiger partial charge on any atom is -0.377 e. The Bertz CT molecular complexity index is 587. The van der Waals surface area contributed by atoms with Crippen LogP contribution in [0.2, 0.25) is 0 Å². The third-order valence-electron chi connectivity index (χ3n) is 3.00. The lowest BCUT2D eigenvalue weighted by molar-refractivity contribution is 0.0965. The molecule has 0 spiro atoms. The quantitative estimate of drug-likeness (QED) is 0.772. The van der Waals surface area contributed by atoms with E-state index in [9.17, 15) is 4.79 Å². The Morgan fingerprint density at radius 3 is 2.76 bits per heavy atom. The summed E-state index contributed by atoms with van der Waals surface area (Å²) in [6, 6.07) is 12.0. The second-order valence-electron chi connectivity index (χ2n) is 4.38. The summed E-state index contributed by atoms with van der Waals surface area (Å²) in [5.74, 6) is 0.0456. The summed E-state index contributed by atoms with van der Waals surface area (Å²) < 4.78 is 7.21. The van der Waals surface area contributed by atoms with E-state index in [1.165, 1.54) is 5.56 Å². The fourth-order valence-electron chi connectivity index (χ4n) is 1.95. The molecule has 0 bridgehead atoms. The number of benzene rings is 1. The lowest BCUT2D eigenvalue weighted by Crippen LogP contribution is -2.12. The van der Waals surface area contributed by atoms with Crippen LogP contribution >= 0.6 is 30.3 Å². The molecule has 0 radical (unpaired) electrons. The molecule has 1 N–H and O–H groups in total. The Morgan fingerprint density at radius 2 is 2.10 bits per heavy atom. The molecule has 0 saturated carbocycles. The summed E-state index contributed by atoms with van der Waals surface area (Å²) in [6.45, 7) is 4.19. The maximum Gasteiger partial charge on any atom is 0.253 e. The third-order valence-corrected chi connectivity index (χ3v) is 4.77. The molecule has 1 aromatic heterocycles. The molecule has 1 aromatic carbocycles. The number of hydrogen-bond donors (Lipinski definition) is 1. The van der Waals surface area contributed by atoms with E-state index < -0.39 is 0 Å². The van der Waals surface area contributed by atoms with Crippen molar-refractivity contribution in [2.75, 3.05) is 6.61 Å². The Hall–Kier alpha value is -0.990. The number of fused-ring (bicyclic) bond motifs is 1. The van der Waals surface area contributed by atoms with Gasteiger partial charge in [-0.1, -0.05) is 30.3 Å². The number of halogens is 1. The predicted molar refractivity (Wildman–Crippen MR) is 94.4 cm³/mol. The van der Waals surface area contributed by atoms with Crippen LogP contribution in [0.5, 0.6) is 0 Å². The van der Waals surface area contributed by atoms with E-state index in [1.54, 1.807) is 9.12 Å². The summed E-state index contributed by atoms with van der Waals surface area (Å²) in [4.78, 5) is 11.1. The van der Waals surface area contributed by atoms with E-state index in [0.29, 0.717) is 6.54 Å². The van der Waals surface area contributed by atoms with Crippen LogP contribution in [0, 0.1) is 0 Å². The van der Waals surface area contributed by atoms with Crippen LogP contribution in [0.3, 0.4) is 0 Å². The molecule has 2 aromatic rings. The van der Waals surface area contributed by atoms with Gasteiger partial charge in [0.25, 0.3) is 5.91 Å². The molecule has 0 fully saturated rings. The van der Waals surface area contributed by atoms with E-state index in [-0.39, 0.29) is 5.91 Å². The highest BCUT2D eigenvalue weighted by Crippen LogP contribution is 2.24. The van der Waals surface area contributed by atoms with Gasteiger partial charge < -0.3 is 10.1 Å². The van der Waals surface area contributed by atoms with Crippen molar-refractivity contribution < 1.29 is 9.53 Å². The molecule has 0 aliphatic carbocycles. The topological polar surface area (TPSA) is 43.3 Å². The SMILES string of the molecule is CCOCc1ccccc1.O=C1NCc2c1ccn2SI. The second-order valence-corrected chi connectivity index (χ2v) is 6.09. The van der Waals surface area contributed by atoms with Gasteiger partial charge in [0, 0.05) is 43.1 Å². The first-order valence-electron chi connectivity index (χ1n) is 6.65. The van der Waals surface area contributed by atoms with E-state index in [4.69, 9.17) is 4.74 Å². The highest BCUT2D eigenvalue weighted by atomic mass is 127. The molecule has 1 aliphatic heterocycles. The van der Waals surface area contributed by atoms with Crippen LogP contribution in [0.4, 0.5) is 0 Å². The summed E-state index contributed by atoms with van der Waals surface area (Å²) in [5, 5.41) is 2.76. The molecule has 3 rings (SSSR count). The van der Waals surface area contributed by atoms with E-state index in [2.05, 4.69) is 38.7 Å².